The van der Waals surface area contributed by atoms with Gasteiger partial charge in [-0.25, -0.2) is 0 Å². The summed E-state index contributed by atoms with van der Waals surface area (Å²) < 4.78 is 6.98. The minimum absolute atomic E-state index is 0.0728. The van der Waals surface area contributed by atoms with E-state index in [0.717, 1.165) is 28.3 Å². The maximum absolute atomic E-state index is 10.3. The van der Waals surface area contributed by atoms with Crippen LogP contribution in [0.1, 0.15) is 28.6 Å². The fraction of sp³-hybridized carbons (Fsp3) is 0.471. The van der Waals surface area contributed by atoms with Crippen LogP contribution in [0.4, 0.5) is 0 Å². The van der Waals surface area contributed by atoms with Gasteiger partial charge in [0, 0.05) is 24.3 Å². The molecule has 126 valence electrons. The van der Waals surface area contributed by atoms with Gasteiger partial charge >= 0.3 is 0 Å². The van der Waals surface area contributed by atoms with E-state index in [1.54, 1.807) is 7.11 Å². The van der Waals surface area contributed by atoms with Gasteiger partial charge in [-0.2, -0.15) is 5.10 Å². The van der Waals surface area contributed by atoms with Crippen LogP contribution in [-0.4, -0.2) is 40.3 Å². The van der Waals surface area contributed by atoms with Crippen LogP contribution in [0.15, 0.2) is 24.3 Å². The van der Waals surface area contributed by atoms with E-state index in [1.807, 2.05) is 42.8 Å². The number of rotatable bonds is 8. The summed E-state index contributed by atoms with van der Waals surface area (Å²) >= 11 is 0. The van der Waals surface area contributed by atoms with Crippen LogP contribution in [0.3, 0.4) is 0 Å². The first-order chi connectivity index (χ1) is 11.1. The number of nitrogens with one attached hydrogen (secondary N) is 1. The quantitative estimate of drug-likeness (QED) is 0.684. The van der Waals surface area contributed by atoms with Crippen LogP contribution in [0.5, 0.6) is 5.75 Å². The molecule has 0 saturated carbocycles. The molecule has 0 amide bonds. The highest BCUT2D eigenvalue weighted by Gasteiger charge is 2.12. The number of aromatic nitrogens is 2. The van der Waals surface area contributed by atoms with E-state index in [4.69, 9.17) is 9.84 Å². The third kappa shape index (κ3) is 4.31. The number of aliphatic hydroxyl groups is 2. The van der Waals surface area contributed by atoms with Crippen molar-refractivity contribution in [2.75, 3.05) is 20.3 Å². The molecule has 6 nitrogen and oxygen atoms in total. The van der Waals surface area contributed by atoms with Gasteiger partial charge in [-0.05, 0) is 31.5 Å². The topological polar surface area (TPSA) is 79.5 Å². The third-order valence-electron chi connectivity index (χ3n) is 3.96. The molecule has 2 rings (SSSR count). The number of hydrogen-bond acceptors (Lipinski definition) is 5. The van der Waals surface area contributed by atoms with Gasteiger partial charge in [0.2, 0.25) is 0 Å². The van der Waals surface area contributed by atoms with E-state index in [1.165, 1.54) is 0 Å². The molecule has 6 heteroatoms. The monoisotopic (exact) mass is 319 g/mol. The van der Waals surface area contributed by atoms with Crippen LogP contribution in [0.25, 0.3) is 0 Å². The van der Waals surface area contributed by atoms with Crippen LogP contribution < -0.4 is 10.1 Å². The van der Waals surface area contributed by atoms with Gasteiger partial charge in [-0.1, -0.05) is 12.1 Å². The highest BCUT2D eigenvalue weighted by atomic mass is 16.5. The molecule has 0 fully saturated rings. The van der Waals surface area contributed by atoms with Gasteiger partial charge in [0.05, 0.1) is 32.1 Å². The average molecular weight is 319 g/mol. The zero-order valence-corrected chi connectivity index (χ0v) is 13.9. The number of methoxy groups -OCH3 is 1. The lowest BCUT2D eigenvalue weighted by molar-refractivity contribution is 0.174. The molecule has 1 aromatic carbocycles. The molecule has 0 aliphatic carbocycles. The van der Waals surface area contributed by atoms with E-state index in [-0.39, 0.29) is 6.61 Å². The Balaban J connectivity index is 1.94. The van der Waals surface area contributed by atoms with Gasteiger partial charge in [0.1, 0.15) is 5.75 Å². The van der Waals surface area contributed by atoms with Gasteiger partial charge in [-0.15, -0.1) is 0 Å². The molecule has 1 atom stereocenters. The molecular weight excluding hydrogens is 294 g/mol. The van der Waals surface area contributed by atoms with E-state index in [0.29, 0.717) is 19.6 Å². The summed E-state index contributed by atoms with van der Waals surface area (Å²) in [5, 5.41) is 27.0. The van der Waals surface area contributed by atoms with Crippen LogP contribution in [-0.2, 0) is 13.1 Å². The lowest BCUT2D eigenvalue weighted by Crippen LogP contribution is -2.21. The summed E-state index contributed by atoms with van der Waals surface area (Å²) in [6, 6.07) is 7.43. The Bertz CT molecular complexity index is 640. The number of benzene rings is 1. The molecule has 3 N–H and O–H groups in total. The molecule has 23 heavy (non-hydrogen) atoms. The van der Waals surface area contributed by atoms with Crippen LogP contribution >= 0.6 is 0 Å². The Hall–Kier alpha value is -1.89. The Morgan fingerprint density at radius 3 is 2.83 bits per heavy atom. The second-order valence-corrected chi connectivity index (χ2v) is 5.52. The minimum Gasteiger partial charge on any atom is -0.497 e. The fourth-order valence-corrected chi connectivity index (χ4v) is 2.60. The minimum atomic E-state index is -0.599. The molecule has 2 aromatic rings. The van der Waals surface area contributed by atoms with Crippen molar-refractivity contribution < 1.29 is 14.9 Å². The van der Waals surface area contributed by atoms with Crippen molar-refractivity contribution in [1.82, 2.24) is 15.1 Å². The van der Waals surface area contributed by atoms with E-state index in [2.05, 4.69) is 10.4 Å². The van der Waals surface area contributed by atoms with Gasteiger partial charge in [0.25, 0.3) is 0 Å². The lowest BCUT2D eigenvalue weighted by Gasteiger charge is -2.13. The summed E-state index contributed by atoms with van der Waals surface area (Å²) in [4.78, 5) is 0. The first-order valence-corrected chi connectivity index (χ1v) is 7.73. The van der Waals surface area contributed by atoms with Crippen molar-refractivity contribution in [2.24, 2.45) is 0 Å². The van der Waals surface area contributed by atoms with E-state index < -0.39 is 6.10 Å². The average Bonchev–Trinajstić information content (AvgIpc) is 2.82. The van der Waals surface area contributed by atoms with Crippen molar-refractivity contribution in [1.29, 1.82) is 0 Å². The highest BCUT2D eigenvalue weighted by Crippen LogP contribution is 2.19. The largest absolute Gasteiger partial charge is 0.497 e. The molecule has 0 radical (unpaired) electrons. The van der Waals surface area contributed by atoms with E-state index >= 15 is 0 Å². The van der Waals surface area contributed by atoms with Gasteiger partial charge in [-0.3, -0.25) is 4.68 Å². The molecule has 1 unspecified atom stereocenters. The predicted molar refractivity (Wildman–Crippen MR) is 88.4 cm³/mol. The standard InChI is InChI=1S/C17H25N3O3/c1-12-16(13(2)20(19-12)7-8-21)10-18-11-17(22)14-5-4-6-15(9-14)23-3/h4-6,9,17-18,21-22H,7-8,10-11H2,1-3H3. The predicted octanol–water partition coefficient (Wildman–Crippen LogP) is 1.32. The lowest BCUT2D eigenvalue weighted by atomic mass is 10.1. The number of aryl methyl sites for hydroxylation is 1. The number of hydrogen-bond donors (Lipinski definition) is 3. The van der Waals surface area contributed by atoms with Crippen molar-refractivity contribution >= 4 is 0 Å². The van der Waals surface area contributed by atoms with Gasteiger partial charge < -0.3 is 20.3 Å². The highest BCUT2D eigenvalue weighted by molar-refractivity contribution is 5.30. The number of ether oxygens (including phenoxy) is 1. The Labute approximate surface area is 136 Å². The molecule has 0 bridgehead atoms. The maximum atomic E-state index is 10.3. The van der Waals surface area contributed by atoms with Gasteiger partial charge in [0.15, 0.2) is 0 Å². The normalized spacial score (nSPS) is 12.4. The second-order valence-electron chi connectivity index (χ2n) is 5.52. The van der Waals surface area contributed by atoms with Crippen molar-refractivity contribution in [2.45, 2.75) is 33.0 Å². The van der Waals surface area contributed by atoms with Crippen LogP contribution in [0, 0.1) is 13.8 Å². The fourth-order valence-electron chi connectivity index (χ4n) is 2.60. The molecule has 0 aliphatic rings. The Kier molecular flexibility index (Phi) is 6.15. The zero-order chi connectivity index (χ0) is 16.8. The molecule has 0 spiro atoms. The summed E-state index contributed by atoms with van der Waals surface area (Å²) in [6.45, 7) is 5.59. The zero-order valence-electron chi connectivity index (χ0n) is 13.9. The van der Waals surface area contributed by atoms with Crippen LogP contribution in [0.2, 0.25) is 0 Å². The molecular formula is C17H25N3O3. The maximum Gasteiger partial charge on any atom is 0.119 e. The first-order valence-electron chi connectivity index (χ1n) is 7.73. The molecule has 1 aromatic heterocycles. The number of nitrogens with zero attached hydrogens (tertiary/aromatic N) is 2. The number of aliphatic hydroxyl groups excluding tert-OH is 2. The summed E-state index contributed by atoms with van der Waals surface area (Å²) in [5.74, 6) is 0.735. The molecule has 0 aliphatic heterocycles. The Morgan fingerprint density at radius 1 is 1.35 bits per heavy atom. The summed E-state index contributed by atoms with van der Waals surface area (Å²) in [6.07, 6.45) is -0.599. The van der Waals surface area contributed by atoms with Crippen molar-refractivity contribution in [3.05, 3.63) is 46.8 Å². The van der Waals surface area contributed by atoms with E-state index in [9.17, 15) is 5.11 Å². The summed E-state index contributed by atoms with van der Waals surface area (Å²) in [7, 11) is 1.61. The van der Waals surface area contributed by atoms with Crippen molar-refractivity contribution in [3.63, 3.8) is 0 Å². The smallest absolute Gasteiger partial charge is 0.119 e. The first kappa shape index (κ1) is 17.5. The Morgan fingerprint density at radius 2 is 2.13 bits per heavy atom. The second kappa shape index (κ2) is 8.10. The molecule has 1 heterocycles. The molecule has 0 saturated heterocycles. The third-order valence-corrected chi connectivity index (χ3v) is 3.96. The SMILES string of the molecule is COc1cccc(C(O)CNCc2c(C)nn(CCO)c2C)c1. The summed E-state index contributed by atoms with van der Waals surface area (Å²) in [5.41, 5.74) is 3.91. The van der Waals surface area contributed by atoms with Crippen molar-refractivity contribution in [3.8, 4) is 5.75 Å².